The molecule has 1 amide bonds. The van der Waals surface area contributed by atoms with E-state index < -0.39 is 12.8 Å². The summed E-state index contributed by atoms with van der Waals surface area (Å²) >= 11 is 0. The van der Waals surface area contributed by atoms with Gasteiger partial charge in [0.15, 0.2) is 6.61 Å². The number of carbonyl (C=O) groups is 1. The van der Waals surface area contributed by atoms with Crippen molar-refractivity contribution in [2.75, 3.05) is 20.2 Å². The molecule has 0 bridgehead atoms. The standard InChI is InChI=1S/C13H18F3N3O2/c1-9(6-17-2)11(20)19-7-10-4-3-5-18-12(10)21-8-13(14,15)16/h3-5,9,17H,6-8H2,1-2H3,(H,19,20). The van der Waals surface area contributed by atoms with Gasteiger partial charge in [0, 0.05) is 30.8 Å². The van der Waals surface area contributed by atoms with Crippen LogP contribution in [0.2, 0.25) is 0 Å². The van der Waals surface area contributed by atoms with Crippen LogP contribution >= 0.6 is 0 Å². The second kappa shape index (κ2) is 7.82. The summed E-state index contributed by atoms with van der Waals surface area (Å²) in [6, 6.07) is 3.13. The molecule has 0 aliphatic heterocycles. The van der Waals surface area contributed by atoms with Crippen LogP contribution in [0.3, 0.4) is 0 Å². The van der Waals surface area contributed by atoms with E-state index in [-0.39, 0.29) is 24.2 Å². The Morgan fingerprint density at radius 2 is 2.19 bits per heavy atom. The lowest BCUT2D eigenvalue weighted by Crippen LogP contribution is -2.34. The smallest absolute Gasteiger partial charge is 0.422 e. The third-order valence-corrected chi connectivity index (χ3v) is 2.63. The van der Waals surface area contributed by atoms with Gasteiger partial charge >= 0.3 is 6.18 Å². The third kappa shape index (κ3) is 6.44. The molecule has 21 heavy (non-hydrogen) atoms. The second-order valence-corrected chi connectivity index (χ2v) is 4.55. The van der Waals surface area contributed by atoms with Crippen LogP contribution < -0.4 is 15.4 Å². The van der Waals surface area contributed by atoms with Crippen LogP contribution in [0, 0.1) is 5.92 Å². The Bertz CT molecular complexity index is 466. The summed E-state index contributed by atoms with van der Waals surface area (Å²) in [6.45, 7) is 0.904. The molecular formula is C13H18F3N3O2. The van der Waals surface area contributed by atoms with E-state index in [0.717, 1.165) is 0 Å². The zero-order valence-corrected chi connectivity index (χ0v) is 11.8. The number of ether oxygens (including phenoxy) is 1. The zero-order chi connectivity index (χ0) is 15.9. The Labute approximate surface area is 120 Å². The molecule has 0 aliphatic carbocycles. The maximum Gasteiger partial charge on any atom is 0.422 e. The van der Waals surface area contributed by atoms with Crippen molar-refractivity contribution in [3.63, 3.8) is 0 Å². The topological polar surface area (TPSA) is 63.2 Å². The van der Waals surface area contributed by atoms with E-state index in [0.29, 0.717) is 12.1 Å². The average Bonchev–Trinajstić information content (AvgIpc) is 2.42. The molecular weight excluding hydrogens is 287 g/mol. The first-order valence-electron chi connectivity index (χ1n) is 6.39. The van der Waals surface area contributed by atoms with Gasteiger partial charge in [-0.15, -0.1) is 0 Å². The molecule has 1 aromatic heterocycles. The lowest BCUT2D eigenvalue weighted by atomic mass is 10.1. The zero-order valence-electron chi connectivity index (χ0n) is 11.8. The van der Waals surface area contributed by atoms with Gasteiger partial charge in [-0.3, -0.25) is 4.79 Å². The van der Waals surface area contributed by atoms with Crippen molar-refractivity contribution in [2.45, 2.75) is 19.6 Å². The number of nitrogens with one attached hydrogen (secondary N) is 2. The summed E-state index contributed by atoms with van der Waals surface area (Å²) in [5, 5.41) is 5.51. The number of aromatic nitrogens is 1. The van der Waals surface area contributed by atoms with Gasteiger partial charge in [0.2, 0.25) is 11.8 Å². The van der Waals surface area contributed by atoms with E-state index in [1.165, 1.54) is 6.20 Å². The Balaban J connectivity index is 2.61. The minimum Gasteiger partial charge on any atom is -0.468 e. The van der Waals surface area contributed by atoms with Crippen molar-refractivity contribution in [3.8, 4) is 5.88 Å². The molecule has 0 aromatic carbocycles. The molecule has 118 valence electrons. The number of halogens is 3. The van der Waals surface area contributed by atoms with Gasteiger partial charge in [-0.2, -0.15) is 13.2 Å². The minimum atomic E-state index is -4.43. The number of carbonyl (C=O) groups excluding carboxylic acids is 1. The van der Waals surface area contributed by atoms with Crippen molar-refractivity contribution in [1.29, 1.82) is 0 Å². The molecule has 1 heterocycles. The number of pyridine rings is 1. The molecule has 0 spiro atoms. The SMILES string of the molecule is CNCC(C)C(=O)NCc1cccnc1OCC(F)(F)F. The van der Waals surface area contributed by atoms with E-state index in [1.807, 2.05) is 0 Å². The van der Waals surface area contributed by atoms with Crippen molar-refractivity contribution in [2.24, 2.45) is 5.92 Å². The van der Waals surface area contributed by atoms with Gasteiger partial charge in [-0.05, 0) is 13.1 Å². The van der Waals surface area contributed by atoms with Crippen molar-refractivity contribution in [1.82, 2.24) is 15.6 Å². The second-order valence-electron chi connectivity index (χ2n) is 4.55. The maximum absolute atomic E-state index is 12.1. The van der Waals surface area contributed by atoms with Gasteiger partial charge in [0.25, 0.3) is 0 Å². The van der Waals surface area contributed by atoms with Gasteiger partial charge in [0.05, 0.1) is 0 Å². The number of amides is 1. The highest BCUT2D eigenvalue weighted by atomic mass is 19.4. The Hall–Kier alpha value is -1.83. The molecule has 1 rings (SSSR count). The van der Waals surface area contributed by atoms with E-state index in [9.17, 15) is 18.0 Å². The summed E-state index contributed by atoms with van der Waals surface area (Å²) in [5.74, 6) is -0.572. The van der Waals surface area contributed by atoms with Crippen molar-refractivity contribution >= 4 is 5.91 Å². The molecule has 2 N–H and O–H groups in total. The summed E-state index contributed by atoms with van der Waals surface area (Å²) in [7, 11) is 1.73. The normalized spacial score (nSPS) is 12.8. The lowest BCUT2D eigenvalue weighted by molar-refractivity contribution is -0.154. The fraction of sp³-hybridized carbons (Fsp3) is 0.538. The molecule has 5 nitrogen and oxygen atoms in total. The Kier molecular flexibility index (Phi) is 6.41. The molecule has 0 radical (unpaired) electrons. The quantitative estimate of drug-likeness (QED) is 0.801. The summed E-state index contributed by atoms with van der Waals surface area (Å²) < 4.78 is 41.1. The van der Waals surface area contributed by atoms with Crippen LogP contribution in [-0.2, 0) is 11.3 Å². The fourth-order valence-corrected chi connectivity index (χ4v) is 1.59. The number of hydrogen-bond acceptors (Lipinski definition) is 4. The summed E-state index contributed by atoms with van der Waals surface area (Å²) in [6.07, 6.45) is -3.10. The number of rotatable bonds is 7. The van der Waals surface area contributed by atoms with Crippen molar-refractivity contribution < 1.29 is 22.7 Å². The summed E-state index contributed by atoms with van der Waals surface area (Å²) in [4.78, 5) is 15.5. The first kappa shape index (κ1) is 17.2. The monoisotopic (exact) mass is 305 g/mol. The van der Waals surface area contributed by atoms with E-state index in [4.69, 9.17) is 0 Å². The van der Waals surface area contributed by atoms with Gasteiger partial charge < -0.3 is 15.4 Å². The largest absolute Gasteiger partial charge is 0.468 e. The van der Waals surface area contributed by atoms with E-state index in [2.05, 4.69) is 20.4 Å². The number of alkyl halides is 3. The van der Waals surface area contributed by atoms with Gasteiger partial charge in [-0.1, -0.05) is 13.0 Å². The first-order valence-corrected chi connectivity index (χ1v) is 6.39. The Morgan fingerprint density at radius 1 is 1.48 bits per heavy atom. The van der Waals surface area contributed by atoms with Crippen LogP contribution in [0.25, 0.3) is 0 Å². The highest BCUT2D eigenvalue weighted by Crippen LogP contribution is 2.19. The third-order valence-electron chi connectivity index (χ3n) is 2.63. The van der Waals surface area contributed by atoms with Crippen LogP contribution in [0.15, 0.2) is 18.3 Å². The molecule has 8 heteroatoms. The van der Waals surface area contributed by atoms with Gasteiger partial charge in [-0.25, -0.2) is 4.98 Å². The van der Waals surface area contributed by atoms with Crippen LogP contribution in [-0.4, -0.2) is 37.3 Å². The minimum absolute atomic E-state index is 0.0634. The van der Waals surface area contributed by atoms with Crippen molar-refractivity contribution in [3.05, 3.63) is 23.9 Å². The maximum atomic E-state index is 12.1. The van der Waals surface area contributed by atoms with E-state index >= 15 is 0 Å². The molecule has 0 saturated carbocycles. The molecule has 0 aliphatic rings. The molecule has 0 saturated heterocycles. The molecule has 1 unspecified atom stereocenters. The summed E-state index contributed by atoms with van der Waals surface area (Å²) in [5.41, 5.74) is 0.395. The molecule has 0 fully saturated rings. The first-order chi connectivity index (χ1) is 9.83. The lowest BCUT2D eigenvalue weighted by Gasteiger charge is -2.14. The fourth-order valence-electron chi connectivity index (χ4n) is 1.59. The molecule has 1 aromatic rings. The number of nitrogens with zero attached hydrogens (tertiary/aromatic N) is 1. The predicted molar refractivity (Wildman–Crippen MR) is 70.7 cm³/mol. The highest BCUT2D eigenvalue weighted by Gasteiger charge is 2.29. The predicted octanol–water partition coefficient (Wildman–Crippen LogP) is 1.49. The van der Waals surface area contributed by atoms with E-state index in [1.54, 1.807) is 26.1 Å². The number of hydrogen-bond donors (Lipinski definition) is 2. The van der Waals surface area contributed by atoms with Crippen LogP contribution in [0.5, 0.6) is 5.88 Å². The van der Waals surface area contributed by atoms with Crippen LogP contribution in [0.4, 0.5) is 13.2 Å². The average molecular weight is 305 g/mol. The van der Waals surface area contributed by atoms with Gasteiger partial charge in [0.1, 0.15) is 0 Å². The highest BCUT2D eigenvalue weighted by molar-refractivity contribution is 5.78. The molecule has 1 atom stereocenters. The van der Waals surface area contributed by atoms with Crippen LogP contribution in [0.1, 0.15) is 12.5 Å². The Morgan fingerprint density at radius 3 is 2.81 bits per heavy atom.